The minimum atomic E-state index is 0. The summed E-state index contributed by atoms with van der Waals surface area (Å²) in [6.07, 6.45) is 6.58. The molecule has 2 heterocycles. The highest BCUT2D eigenvalue weighted by atomic mass is 127. The van der Waals surface area contributed by atoms with Crippen molar-refractivity contribution in [1.82, 2.24) is 20.4 Å². The third kappa shape index (κ3) is 8.60. The molecule has 8 heteroatoms. The summed E-state index contributed by atoms with van der Waals surface area (Å²) in [5, 5.41) is 6.67. The number of carbonyl (C=O) groups excluding carboxylic acids is 2. The van der Waals surface area contributed by atoms with Gasteiger partial charge in [0, 0.05) is 52.1 Å². The lowest BCUT2D eigenvalue weighted by atomic mass is 10.1. The molecule has 2 fully saturated rings. The number of hydrogen-bond acceptors (Lipinski definition) is 3. The van der Waals surface area contributed by atoms with Crippen molar-refractivity contribution in [3.63, 3.8) is 0 Å². The van der Waals surface area contributed by atoms with E-state index in [9.17, 15) is 9.59 Å². The van der Waals surface area contributed by atoms with Gasteiger partial charge in [-0.15, -0.1) is 24.0 Å². The first-order valence-corrected chi connectivity index (χ1v) is 11.8. The van der Waals surface area contributed by atoms with E-state index in [1.54, 1.807) is 0 Å². The van der Waals surface area contributed by atoms with Gasteiger partial charge in [0.15, 0.2) is 5.96 Å². The molecule has 2 aliphatic rings. The van der Waals surface area contributed by atoms with Crippen molar-refractivity contribution in [3.05, 3.63) is 35.4 Å². The van der Waals surface area contributed by atoms with Gasteiger partial charge in [-0.3, -0.25) is 9.59 Å². The first-order chi connectivity index (χ1) is 15.2. The Hall–Kier alpha value is -1.84. The number of aliphatic imine (C=N–C) groups is 1. The molecule has 178 valence electrons. The molecular weight excluding hydrogens is 517 g/mol. The van der Waals surface area contributed by atoms with E-state index in [-0.39, 0.29) is 29.9 Å². The predicted octanol–water partition coefficient (Wildman–Crippen LogP) is 3.27. The van der Waals surface area contributed by atoms with Gasteiger partial charge in [-0.1, -0.05) is 30.7 Å². The molecular formula is C24H38IN5O2. The summed E-state index contributed by atoms with van der Waals surface area (Å²) in [6.45, 7) is 7.53. The molecule has 2 saturated heterocycles. The minimum absolute atomic E-state index is 0. The van der Waals surface area contributed by atoms with Crippen LogP contribution >= 0.6 is 24.0 Å². The Labute approximate surface area is 209 Å². The molecule has 0 saturated carbocycles. The smallest absolute Gasteiger partial charge is 0.222 e. The highest BCUT2D eigenvalue weighted by molar-refractivity contribution is 14.0. The van der Waals surface area contributed by atoms with Crippen LogP contribution in [0, 0.1) is 0 Å². The molecule has 3 rings (SSSR count). The van der Waals surface area contributed by atoms with Gasteiger partial charge in [0.25, 0.3) is 0 Å². The Morgan fingerprint density at radius 2 is 1.59 bits per heavy atom. The van der Waals surface area contributed by atoms with E-state index in [2.05, 4.69) is 41.8 Å². The number of likely N-dealkylation sites (tertiary alicyclic amines) is 2. The second-order valence-corrected chi connectivity index (χ2v) is 8.40. The molecule has 0 unspecified atom stereocenters. The van der Waals surface area contributed by atoms with E-state index in [0.717, 1.165) is 81.9 Å². The van der Waals surface area contributed by atoms with Crippen LogP contribution in [0.2, 0.25) is 0 Å². The average molecular weight is 556 g/mol. The first kappa shape index (κ1) is 26.4. The number of guanidine groups is 1. The van der Waals surface area contributed by atoms with E-state index in [4.69, 9.17) is 4.99 Å². The fourth-order valence-corrected chi connectivity index (χ4v) is 4.11. The molecule has 32 heavy (non-hydrogen) atoms. The third-order valence-electron chi connectivity index (χ3n) is 5.90. The predicted molar refractivity (Wildman–Crippen MR) is 139 cm³/mol. The fourth-order valence-electron chi connectivity index (χ4n) is 4.11. The quantitative estimate of drug-likeness (QED) is 0.212. The SMILES string of the molecule is CCNC(=NCc1ccc(CN2CCCC2=O)cc1)NCCCN1CCCCCC1=O.I. The van der Waals surface area contributed by atoms with Gasteiger partial charge in [-0.2, -0.15) is 0 Å². The zero-order valence-corrected chi connectivity index (χ0v) is 21.6. The zero-order chi connectivity index (χ0) is 21.9. The summed E-state index contributed by atoms with van der Waals surface area (Å²) in [4.78, 5) is 32.5. The molecule has 0 aliphatic carbocycles. The summed E-state index contributed by atoms with van der Waals surface area (Å²) in [5.41, 5.74) is 2.31. The van der Waals surface area contributed by atoms with Gasteiger partial charge in [0.05, 0.1) is 6.54 Å². The number of nitrogens with one attached hydrogen (secondary N) is 2. The lowest BCUT2D eigenvalue weighted by Crippen LogP contribution is -2.39. The normalized spacial score (nSPS) is 17.2. The topological polar surface area (TPSA) is 77.0 Å². The molecule has 2 aliphatic heterocycles. The second-order valence-electron chi connectivity index (χ2n) is 8.40. The highest BCUT2D eigenvalue weighted by Gasteiger charge is 2.19. The van der Waals surface area contributed by atoms with E-state index < -0.39 is 0 Å². The molecule has 7 nitrogen and oxygen atoms in total. The molecule has 0 spiro atoms. The number of halogens is 1. The standard InChI is InChI=1S/C24H37N5O2.HI/c1-2-25-24(26-14-7-17-28-15-5-3-4-8-22(28)30)27-18-20-10-12-21(13-11-20)19-29-16-6-9-23(29)31;/h10-13H,2-9,14-19H2,1H3,(H2,25,26,27);1H. The maximum absolute atomic E-state index is 12.1. The number of amides is 2. The molecule has 2 amide bonds. The number of rotatable bonds is 9. The Morgan fingerprint density at radius 3 is 2.31 bits per heavy atom. The summed E-state index contributed by atoms with van der Waals surface area (Å²) >= 11 is 0. The van der Waals surface area contributed by atoms with Crippen LogP contribution in [0.25, 0.3) is 0 Å². The van der Waals surface area contributed by atoms with Crippen molar-refractivity contribution in [1.29, 1.82) is 0 Å². The van der Waals surface area contributed by atoms with Gasteiger partial charge in [-0.25, -0.2) is 4.99 Å². The van der Waals surface area contributed by atoms with Crippen molar-refractivity contribution in [2.45, 2.75) is 65.0 Å². The van der Waals surface area contributed by atoms with Crippen LogP contribution in [0.1, 0.15) is 63.0 Å². The van der Waals surface area contributed by atoms with Crippen LogP contribution in [-0.2, 0) is 22.7 Å². The van der Waals surface area contributed by atoms with Crippen LogP contribution in [0.15, 0.2) is 29.3 Å². The van der Waals surface area contributed by atoms with Crippen LogP contribution in [0.4, 0.5) is 0 Å². The monoisotopic (exact) mass is 555 g/mol. The summed E-state index contributed by atoms with van der Waals surface area (Å²) < 4.78 is 0. The van der Waals surface area contributed by atoms with Crippen molar-refractivity contribution in [2.24, 2.45) is 4.99 Å². The molecule has 1 aromatic carbocycles. The first-order valence-electron chi connectivity index (χ1n) is 11.8. The molecule has 1 aromatic rings. The molecule has 0 radical (unpaired) electrons. The maximum Gasteiger partial charge on any atom is 0.222 e. The summed E-state index contributed by atoms with van der Waals surface area (Å²) in [5.74, 6) is 1.36. The fraction of sp³-hybridized carbons (Fsp3) is 0.625. The number of carbonyl (C=O) groups is 2. The van der Waals surface area contributed by atoms with Crippen molar-refractivity contribution < 1.29 is 9.59 Å². The van der Waals surface area contributed by atoms with Crippen LogP contribution in [-0.4, -0.2) is 60.3 Å². The van der Waals surface area contributed by atoms with Crippen LogP contribution in [0.3, 0.4) is 0 Å². The third-order valence-corrected chi connectivity index (χ3v) is 5.90. The van der Waals surface area contributed by atoms with E-state index >= 15 is 0 Å². The summed E-state index contributed by atoms with van der Waals surface area (Å²) in [6, 6.07) is 8.37. The largest absolute Gasteiger partial charge is 0.357 e. The van der Waals surface area contributed by atoms with Crippen molar-refractivity contribution in [3.8, 4) is 0 Å². The summed E-state index contributed by atoms with van der Waals surface area (Å²) in [7, 11) is 0. The van der Waals surface area contributed by atoms with Crippen LogP contribution in [0.5, 0.6) is 0 Å². The average Bonchev–Trinajstić information content (AvgIpc) is 3.06. The Balaban J connectivity index is 0.00000363. The van der Waals surface area contributed by atoms with Gasteiger partial charge in [0.1, 0.15) is 0 Å². The Kier molecular flexibility index (Phi) is 11.8. The Morgan fingerprint density at radius 1 is 0.906 bits per heavy atom. The van der Waals surface area contributed by atoms with E-state index in [0.29, 0.717) is 31.8 Å². The number of benzene rings is 1. The maximum atomic E-state index is 12.1. The minimum Gasteiger partial charge on any atom is -0.357 e. The molecule has 0 bridgehead atoms. The highest BCUT2D eigenvalue weighted by Crippen LogP contribution is 2.15. The van der Waals surface area contributed by atoms with Crippen molar-refractivity contribution >= 4 is 41.8 Å². The lowest BCUT2D eigenvalue weighted by molar-refractivity contribution is -0.130. The van der Waals surface area contributed by atoms with Gasteiger partial charge < -0.3 is 20.4 Å². The Bertz CT molecular complexity index is 753. The van der Waals surface area contributed by atoms with Gasteiger partial charge in [-0.05, 0) is 43.7 Å². The second kappa shape index (κ2) is 14.3. The molecule has 2 N–H and O–H groups in total. The number of hydrogen-bond donors (Lipinski definition) is 2. The molecule has 0 aromatic heterocycles. The van der Waals surface area contributed by atoms with E-state index in [1.165, 1.54) is 0 Å². The van der Waals surface area contributed by atoms with Crippen molar-refractivity contribution in [2.75, 3.05) is 32.7 Å². The van der Waals surface area contributed by atoms with Gasteiger partial charge >= 0.3 is 0 Å². The van der Waals surface area contributed by atoms with Crippen LogP contribution < -0.4 is 10.6 Å². The lowest BCUT2D eigenvalue weighted by Gasteiger charge is -2.20. The number of nitrogens with zero attached hydrogens (tertiary/aromatic N) is 3. The van der Waals surface area contributed by atoms with E-state index in [1.807, 2.05) is 9.80 Å². The molecule has 0 atom stereocenters. The van der Waals surface area contributed by atoms with Gasteiger partial charge in [0.2, 0.25) is 11.8 Å². The zero-order valence-electron chi connectivity index (χ0n) is 19.3.